The van der Waals surface area contributed by atoms with Gasteiger partial charge in [-0.05, 0) is 31.4 Å². The molecule has 1 saturated carbocycles. The molecule has 1 amide bonds. The van der Waals surface area contributed by atoms with E-state index in [1.807, 2.05) is 0 Å². The first-order valence-corrected chi connectivity index (χ1v) is 6.98. The lowest BCUT2D eigenvalue weighted by Crippen LogP contribution is -2.34. The van der Waals surface area contributed by atoms with Crippen LogP contribution in [-0.2, 0) is 15.7 Å². The fraction of sp³-hybridized carbons (Fsp3) is 0.467. The van der Waals surface area contributed by atoms with Crippen LogP contribution in [0.5, 0.6) is 0 Å². The molecule has 1 aliphatic rings. The predicted molar refractivity (Wildman–Crippen MR) is 72.0 cm³/mol. The molecule has 0 aliphatic heterocycles. The standard InChI is InChI=1S/C15H15F4NO3/c1-23-14(22)8-5-6-9(7-8)20-13(21)10-3-2-4-11(12(10)16)15(17,18)19/h2-4,8-9H,5-7H2,1H3,(H,20,21)/t8-,9+/m0/s1. The molecule has 8 heteroatoms. The summed E-state index contributed by atoms with van der Waals surface area (Å²) in [7, 11) is 1.26. The molecule has 1 aromatic carbocycles. The Labute approximate surface area is 129 Å². The summed E-state index contributed by atoms with van der Waals surface area (Å²) in [6.45, 7) is 0. The van der Waals surface area contributed by atoms with Crippen molar-refractivity contribution in [1.29, 1.82) is 0 Å². The predicted octanol–water partition coefficient (Wildman–Crippen LogP) is 2.92. The van der Waals surface area contributed by atoms with Gasteiger partial charge in [0.15, 0.2) is 0 Å². The van der Waals surface area contributed by atoms with Gasteiger partial charge in [0.25, 0.3) is 5.91 Å². The molecule has 1 N–H and O–H groups in total. The average Bonchev–Trinajstić information content (AvgIpc) is 2.93. The Balaban J connectivity index is 2.09. The number of halogens is 4. The molecule has 2 atom stereocenters. The maximum atomic E-state index is 13.9. The maximum Gasteiger partial charge on any atom is 0.419 e. The highest BCUT2D eigenvalue weighted by Gasteiger charge is 2.36. The van der Waals surface area contributed by atoms with E-state index in [-0.39, 0.29) is 5.92 Å². The number of hydrogen-bond donors (Lipinski definition) is 1. The lowest BCUT2D eigenvalue weighted by Gasteiger charge is -2.15. The number of carbonyl (C=O) groups excluding carboxylic acids is 2. The number of ether oxygens (including phenoxy) is 1. The van der Waals surface area contributed by atoms with Gasteiger partial charge >= 0.3 is 12.1 Å². The van der Waals surface area contributed by atoms with E-state index in [2.05, 4.69) is 10.1 Å². The van der Waals surface area contributed by atoms with E-state index in [9.17, 15) is 27.2 Å². The first-order chi connectivity index (χ1) is 10.7. The summed E-state index contributed by atoms with van der Waals surface area (Å²) in [4.78, 5) is 23.4. The van der Waals surface area contributed by atoms with Crippen LogP contribution < -0.4 is 5.32 Å². The third-order valence-corrected chi connectivity index (χ3v) is 3.85. The summed E-state index contributed by atoms with van der Waals surface area (Å²) in [5.41, 5.74) is -2.15. The van der Waals surface area contributed by atoms with Crippen molar-refractivity contribution in [2.24, 2.45) is 5.92 Å². The Hall–Kier alpha value is -2.12. The summed E-state index contributed by atoms with van der Waals surface area (Å²) in [5.74, 6) is -3.28. The average molecular weight is 333 g/mol. The Bertz CT molecular complexity index is 615. The second kappa shape index (κ2) is 6.55. The molecule has 0 heterocycles. The van der Waals surface area contributed by atoms with Gasteiger partial charge in [-0.3, -0.25) is 9.59 Å². The Morgan fingerprint density at radius 1 is 1.26 bits per heavy atom. The van der Waals surface area contributed by atoms with E-state index in [1.54, 1.807) is 0 Å². The summed E-state index contributed by atoms with van der Waals surface area (Å²) in [6.07, 6.45) is -3.57. The van der Waals surface area contributed by atoms with Crippen LogP contribution in [0.1, 0.15) is 35.2 Å². The van der Waals surface area contributed by atoms with Gasteiger partial charge < -0.3 is 10.1 Å². The van der Waals surface area contributed by atoms with Crippen LogP contribution in [0.3, 0.4) is 0 Å². The zero-order chi connectivity index (χ0) is 17.2. The van der Waals surface area contributed by atoms with E-state index in [0.717, 1.165) is 12.1 Å². The lowest BCUT2D eigenvalue weighted by atomic mass is 10.1. The number of esters is 1. The Morgan fingerprint density at radius 3 is 2.57 bits per heavy atom. The summed E-state index contributed by atoms with van der Waals surface area (Å²) < 4.78 is 56.5. The molecule has 23 heavy (non-hydrogen) atoms. The smallest absolute Gasteiger partial charge is 0.419 e. The molecule has 1 aliphatic carbocycles. The quantitative estimate of drug-likeness (QED) is 0.683. The molecular weight excluding hydrogens is 318 g/mol. The normalized spacial score (nSPS) is 21.1. The van der Waals surface area contributed by atoms with Crippen LogP contribution >= 0.6 is 0 Å². The minimum absolute atomic E-state index is 0.318. The second-order valence-electron chi connectivity index (χ2n) is 5.37. The second-order valence-corrected chi connectivity index (χ2v) is 5.37. The number of hydrogen-bond acceptors (Lipinski definition) is 3. The van der Waals surface area contributed by atoms with Gasteiger partial charge in [-0.2, -0.15) is 13.2 Å². The molecule has 0 saturated heterocycles. The van der Waals surface area contributed by atoms with Gasteiger partial charge in [0.05, 0.1) is 24.2 Å². The lowest BCUT2D eigenvalue weighted by molar-refractivity contribution is -0.145. The SMILES string of the molecule is COC(=O)[C@H]1CC[C@@H](NC(=O)c2cccc(C(F)(F)F)c2F)C1. The van der Waals surface area contributed by atoms with Gasteiger partial charge in [0.2, 0.25) is 0 Å². The van der Waals surface area contributed by atoms with E-state index in [1.165, 1.54) is 7.11 Å². The van der Waals surface area contributed by atoms with Gasteiger partial charge in [-0.1, -0.05) is 6.07 Å². The molecular formula is C15H15F4NO3. The van der Waals surface area contributed by atoms with Gasteiger partial charge in [-0.15, -0.1) is 0 Å². The van der Waals surface area contributed by atoms with Crippen LogP contribution in [0.25, 0.3) is 0 Å². The number of carbonyl (C=O) groups is 2. The highest BCUT2D eigenvalue weighted by Crippen LogP contribution is 2.32. The van der Waals surface area contributed by atoms with E-state index >= 15 is 0 Å². The molecule has 0 bridgehead atoms. The number of nitrogens with one attached hydrogen (secondary N) is 1. The number of methoxy groups -OCH3 is 1. The number of alkyl halides is 3. The van der Waals surface area contributed by atoms with Crippen LogP contribution in [0.4, 0.5) is 17.6 Å². The minimum atomic E-state index is -4.87. The van der Waals surface area contributed by atoms with Gasteiger partial charge in [0.1, 0.15) is 5.82 Å². The number of amides is 1. The van der Waals surface area contributed by atoms with E-state index < -0.39 is 41.0 Å². The van der Waals surface area contributed by atoms with Crippen molar-refractivity contribution in [1.82, 2.24) is 5.32 Å². The molecule has 2 rings (SSSR count). The molecule has 0 unspecified atom stereocenters. The van der Waals surface area contributed by atoms with E-state index in [4.69, 9.17) is 0 Å². The Morgan fingerprint density at radius 2 is 1.96 bits per heavy atom. The minimum Gasteiger partial charge on any atom is -0.469 e. The van der Waals surface area contributed by atoms with Crippen molar-refractivity contribution >= 4 is 11.9 Å². The van der Waals surface area contributed by atoms with E-state index in [0.29, 0.717) is 25.3 Å². The fourth-order valence-electron chi connectivity index (χ4n) is 2.68. The van der Waals surface area contributed by atoms with Crippen molar-refractivity contribution in [3.63, 3.8) is 0 Å². The first-order valence-electron chi connectivity index (χ1n) is 6.98. The summed E-state index contributed by atoms with van der Waals surface area (Å²) >= 11 is 0. The molecule has 0 radical (unpaired) electrons. The zero-order valence-electron chi connectivity index (χ0n) is 12.2. The van der Waals surface area contributed by atoms with Crippen LogP contribution in [0.2, 0.25) is 0 Å². The zero-order valence-corrected chi connectivity index (χ0v) is 12.2. The monoisotopic (exact) mass is 333 g/mol. The third-order valence-electron chi connectivity index (χ3n) is 3.85. The van der Waals surface area contributed by atoms with Crippen LogP contribution in [-0.4, -0.2) is 25.0 Å². The van der Waals surface area contributed by atoms with Gasteiger partial charge in [0, 0.05) is 6.04 Å². The van der Waals surface area contributed by atoms with Gasteiger partial charge in [-0.25, -0.2) is 4.39 Å². The summed E-state index contributed by atoms with van der Waals surface area (Å²) in [6, 6.07) is 2.15. The molecule has 1 fully saturated rings. The van der Waals surface area contributed by atoms with Crippen molar-refractivity contribution in [3.8, 4) is 0 Å². The fourth-order valence-corrected chi connectivity index (χ4v) is 2.68. The molecule has 1 aromatic rings. The molecule has 0 aromatic heterocycles. The first kappa shape index (κ1) is 17.2. The van der Waals surface area contributed by atoms with Crippen LogP contribution in [0, 0.1) is 11.7 Å². The number of rotatable bonds is 3. The maximum absolute atomic E-state index is 13.9. The third kappa shape index (κ3) is 3.80. The van der Waals surface area contributed by atoms with Crippen molar-refractivity contribution in [3.05, 3.63) is 35.1 Å². The van der Waals surface area contributed by atoms with Crippen molar-refractivity contribution in [2.45, 2.75) is 31.5 Å². The topological polar surface area (TPSA) is 55.4 Å². The Kier molecular flexibility index (Phi) is 4.91. The molecule has 4 nitrogen and oxygen atoms in total. The summed E-state index contributed by atoms with van der Waals surface area (Å²) in [5, 5.41) is 2.47. The number of benzene rings is 1. The largest absolute Gasteiger partial charge is 0.469 e. The highest BCUT2D eigenvalue weighted by molar-refractivity contribution is 5.95. The molecule has 126 valence electrons. The van der Waals surface area contributed by atoms with Crippen molar-refractivity contribution < 1.29 is 31.9 Å². The van der Waals surface area contributed by atoms with Crippen LogP contribution in [0.15, 0.2) is 18.2 Å². The molecule has 0 spiro atoms. The van der Waals surface area contributed by atoms with Crippen molar-refractivity contribution in [2.75, 3.05) is 7.11 Å². The highest BCUT2D eigenvalue weighted by atomic mass is 19.4.